The molecule has 0 spiro atoms. The van der Waals surface area contributed by atoms with Crippen LogP contribution in [0.3, 0.4) is 0 Å². The summed E-state index contributed by atoms with van der Waals surface area (Å²) in [5, 5.41) is 22.7. The molecule has 2 aliphatic rings. The number of aliphatic hydroxyl groups excluding tert-OH is 1. The summed E-state index contributed by atoms with van der Waals surface area (Å²) in [7, 11) is 1.81. The molecular weight excluding hydrogens is 188 g/mol. The lowest BCUT2D eigenvalue weighted by atomic mass is 10.2. The van der Waals surface area contributed by atoms with Crippen molar-refractivity contribution in [1.29, 1.82) is 0 Å². The number of nitro groups is 1. The van der Waals surface area contributed by atoms with Gasteiger partial charge in [0.1, 0.15) is 0 Å². The Morgan fingerprint density at radius 2 is 2.43 bits per heavy atom. The van der Waals surface area contributed by atoms with Crippen LogP contribution < -0.4 is 5.32 Å². The summed E-state index contributed by atoms with van der Waals surface area (Å²) in [5.74, 6) is -0.0176. The Morgan fingerprint density at radius 1 is 1.71 bits per heavy atom. The molecule has 14 heavy (non-hydrogen) atoms. The first-order valence-electron chi connectivity index (χ1n) is 4.35. The summed E-state index contributed by atoms with van der Waals surface area (Å²) >= 11 is 0. The highest BCUT2D eigenvalue weighted by Crippen LogP contribution is 2.18. The normalized spacial score (nSPS) is 32.1. The number of aliphatic hydroxyl groups is 1. The fourth-order valence-electron chi connectivity index (χ4n) is 1.83. The molecule has 0 aromatic rings. The first-order chi connectivity index (χ1) is 6.58. The maximum Gasteiger partial charge on any atom is 0.335 e. The molecular formula is C7H12N4O3. The second-order valence-corrected chi connectivity index (χ2v) is 3.58. The first-order valence-corrected chi connectivity index (χ1v) is 4.35. The average molecular weight is 200 g/mol. The van der Waals surface area contributed by atoms with E-state index in [4.69, 9.17) is 0 Å². The lowest BCUT2D eigenvalue weighted by Gasteiger charge is -2.37. The van der Waals surface area contributed by atoms with Gasteiger partial charge in [0.05, 0.1) is 18.8 Å². The third kappa shape index (κ3) is 1.40. The van der Waals surface area contributed by atoms with Gasteiger partial charge in [-0.1, -0.05) is 0 Å². The van der Waals surface area contributed by atoms with E-state index in [-0.39, 0.29) is 12.1 Å². The van der Waals surface area contributed by atoms with Gasteiger partial charge in [-0.25, -0.2) is 10.2 Å². The summed E-state index contributed by atoms with van der Waals surface area (Å²) in [6, 6.07) is 0. The molecule has 2 unspecified atom stereocenters. The second kappa shape index (κ2) is 3.10. The second-order valence-electron chi connectivity index (χ2n) is 3.58. The maximum atomic E-state index is 10.5. The minimum Gasteiger partial charge on any atom is -0.390 e. The van der Waals surface area contributed by atoms with E-state index < -0.39 is 11.0 Å². The molecule has 2 heterocycles. The molecule has 78 valence electrons. The molecule has 0 saturated carbocycles. The quantitative estimate of drug-likeness (QED) is 0.398. The van der Waals surface area contributed by atoms with Gasteiger partial charge in [0.15, 0.2) is 0 Å². The van der Waals surface area contributed by atoms with Crippen molar-refractivity contribution in [2.24, 2.45) is 0 Å². The van der Waals surface area contributed by atoms with Crippen LogP contribution >= 0.6 is 0 Å². The van der Waals surface area contributed by atoms with Crippen LogP contribution in [0.5, 0.6) is 0 Å². The lowest BCUT2D eigenvalue weighted by Crippen LogP contribution is -2.58. The van der Waals surface area contributed by atoms with Gasteiger partial charge in [-0.3, -0.25) is 0 Å². The number of nitrogens with one attached hydrogen (secondary N) is 1. The van der Waals surface area contributed by atoms with Crippen LogP contribution in [0.25, 0.3) is 0 Å². The van der Waals surface area contributed by atoms with Crippen molar-refractivity contribution in [3.63, 3.8) is 0 Å². The van der Waals surface area contributed by atoms with Gasteiger partial charge >= 0.3 is 5.82 Å². The fraction of sp³-hybridized carbons (Fsp3) is 0.714. The van der Waals surface area contributed by atoms with Crippen LogP contribution in [0.15, 0.2) is 12.0 Å². The van der Waals surface area contributed by atoms with Gasteiger partial charge in [0.25, 0.3) is 0 Å². The Kier molecular flexibility index (Phi) is 2.05. The molecule has 2 aliphatic heterocycles. The molecule has 2 N–H and O–H groups in total. The SMILES string of the molecule is CN1CC(O)CN2C=C([N+](=O)[O-])NC12. The van der Waals surface area contributed by atoms with Crippen LogP contribution in [0.4, 0.5) is 0 Å². The van der Waals surface area contributed by atoms with Crippen LogP contribution in [0, 0.1) is 10.1 Å². The van der Waals surface area contributed by atoms with E-state index in [9.17, 15) is 15.2 Å². The average Bonchev–Trinajstić information content (AvgIpc) is 2.47. The van der Waals surface area contributed by atoms with Crippen molar-refractivity contribution >= 4 is 0 Å². The van der Waals surface area contributed by atoms with E-state index in [0.29, 0.717) is 13.1 Å². The number of β-amino-alcohol motifs (C(OH)–C–C–N with tert-alkyl or cyclic N) is 1. The van der Waals surface area contributed by atoms with E-state index in [1.54, 1.807) is 4.90 Å². The van der Waals surface area contributed by atoms with E-state index >= 15 is 0 Å². The molecule has 0 bridgehead atoms. The minimum absolute atomic E-state index is 0.0176. The minimum atomic E-state index is -0.460. The first kappa shape index (κ1) is 9.22. The van der Waals surface area contributed by atoms with E-state index in [2.05, 4.69) is 5.32 Å². The Labute approximate surface area is 80.7 Å². The summed E-state index contributed by atoms with van der Waals surface area (Å²) in [6.07, 6.45) is 0.781. The van der Waals surface area contributed by atoms with Crippen molar-refractivity contribution in [2.75, 3.05) is 20.1 Å². The van der Waals surface area contributed by atoms with Crippen molar-refractivity contribution in [3.05, 3.63) is 22.1 Å². The number of likely N-dealkylation sites (N-methyl/N-ethyl adjacent to an activating group) is 1. The van der Waals surface area contributed by atoms with E-state index in [1.165, 1.54) is 6.20 Å². The van der Waals surface area contributed by atoms with Crippen molar-refractivity contribution in [2.45, 2.75) is 12.4 Å². The highest BCUT2D eigenvalue weighted by molar-refractivity contribution is 5.03. The van der Waals surface area contributed by atoms with Gasteiger partial charge in [-0.2, -0.15) is 0 Å². The zero-order chi connectivity index (χ0) is 10.3. The van der Waals surface area contributed by atoms with Crippen LogP contribution in [-0.2, 0) is 0 Å². The number of nitrogens with zero attached hydrogens (tertiary/aromatic N) is 3. The van der Waals surface area contributed by atoms with Crippen molar-refractivity contribution in [1.82, 2.24) is 15.1 Å². The van der Waals surface area contributed by atoms with Crippen molar-refractivity contribution in [3.8, 4) is 0 Å². The predicted octanol–water partition coefficient (Wildman–Crippen LogP) is -1.44. The molecule has 1 saturated heterocycles. The van der Waals surface area contributed by atoms with E-state index in [1.807, 2.05) is 11.9 Å². The summed E-state index contributed by atoms with van der Waals surface area (Å²) < 4.78 is 0. The zero-order valence-electron chi connectivity index (χ0n) is 7.75. The topological polar surface area (TPSA) is 81.9 Å². The molecule has 1 fully saturated rings. The summed E-state index contributed by atoms with van der Waals surface area (Å²) in [6.45, 7) is 0.951. The highest BCUT2D eigenvalue weighted by Gasteiger charge is 2.39. The monoisotopic (exact) mass is 200 g/mol. The molecule has 0 amide bonds. The molecule has 7 heteroatoms. The third-order valence-electron chi connectivity index (χ3n) is 2.41. The summed E-state index contributed by atoms with van der Waals surface area (Å²) in [4.78, 5) is 13.6. The number of hydrogen-bond acceptors (Lipinski definition) is 6. The third-order valence-corrected chi connectivity index (χ3v) is 2.41. The number of fused-ring (bicyclic) bond motifs is 1. The van der Waals surface area contributed by atoms with Gasteiger partial charge < -0.3 is 20.1 Å². The van der Waals surface area contributed by atoms with Crippen molar-refractivity contribution < 1.29 is 10.0 Å². The Bertz CT molecular complexity index is 293. The smallest absolute Gasteiger partial charge is 0.335 e. The molecule has 7 nitrogen and oxygen atoms in total. The van der Waals surface area contributed by atoms with E-state index in [0.717, 1.165) is 0 Å². The summed E-state index contributed by atoms with van der Waals surface area (Å²) in [5.41, 5.74) is 0. The van der Waals surface area contributed by atoms with Gasteiger partial charge in [-0.05, 0) is 12.0 Å². The molecule has 0 radical (unpaired) electrons. The molecule has 2 atom stereocenters. The molecule has 0 aromatic carbocycles. The zero-order valence-corrected chi connectivity index (χ0v) is 7.75. The van der Waals surface area contributed by atoms with Gasteiger partial charge in [0.2, 0.25) is 6.29 Å². The molecule has 0 aliphatic carbocycles. The fourth-order valence-corrected chi connectivity index (χ4v) is 1.83. The number of rotatable bonds is 1. The molecule has 0 aromatic heterocycles. The Balaban J connectivity index is 2.14. The van der Waals surface area contributed by atoms with Gasteiger partial charge in [0, 0.05) is 6.54 Å². The number of hydrogen-bond donors (Lipinski definition) is 2. The Hall–Kier alpha value is -1.34. The van der Waals surface area contributed by atoms with Crippen LogP contribution in [-0.4, -0.2) is 52.4 Å². The highest BCUT2D eigenvalue weighted by atomic mass is 16.6. The molecule has 2 rings (SSSR count). The van der Waals surface area contributed by atoms with Crippen LogP contribution in [0.1, 0.15) is 0 Å². The standard InChI is InChI=1S/C7H12N4O3/c1-9-2-5(12)3-10-4-6(11(13)14)8-7(9)10/h4-5,7-8,12H,2-3H2,1H3. The Morgan fingerprint density at radius 3 is 3.07 bits per heavy atom. The predicted molar refractivity (Wildman–Crippen MR) is 47.3 cm³/mol. The maximum absolute atomic E-state index is 10.5. The lowest BCUT2D eigenvalue weighted by molar-refractivity contribution is -0.431. The van der Waals surface area contributed by atoms with Crippen LogP contribution in [0.2, 0.25) is 0 Å². The largest absolute Gasteiger partial charge is 0.390 e. The van der Waals surface area contributed by atoms with Gasteiger partial charge in [-0.15, -0.1) is 0 Å².